The van der Waals surface area contributed by atoms with Crippen LogP contribution in [-0.4, -0.2) is 11.0 Å². The zero-order chi connectivity index (χ0) is 14.7. The Labute approximate surface area is 130 Å². The molecule has 0 bridgehead atoms. The van der Waals surface area contributed by atoms with Crippen molar-refractivity contribution in [3.8, 4) is 11.3 Å². The van der Waals surface area contributed by atoms with Crippen LogP contribution in [0.25, 0.3) is 16.8 Å². The minimum Gasteiger partial charge on any atom is -0.385 e. The van der Waals surface area contributed by atoms with Crippen molar-refractivity contribution in [3.63, 3.8) is 0 Å². The van der Waals surface area contributed by atoms with Gasteiger partial charge in [0.15, 0.2) is 0 Å². The lowest BCUT2D eigenvalue weighted by Crippen LogP contribution is -2.24. The Bertz CT molecular complexity index is 665. The summed E-state index contributed by atoms with van der Waals surface area (Å²) in [7, 11) is 0. The maximum Gasteiger partial charge on any atom is 0.123 e. The maximum absolute atomic E-state index is 4.80. The highest BCUT2D eigenvalue weighted by Crippen LogP contribution is 2.28. The van der Waals surface area contributed by atoms with Crippen molar-refractivity contribution < 1.29 is 0 Å². The first kappa shape index (κ1) is 14.1. The molecule has 1 unspecified atom stereocenters. The van der Waals surface area contributed by atoms with E-state index in [1.165, 1.54) is 23.1 Å². The van der Waals surface area contributed by atoms with Crippen LogP contribution in [0, 0.1) is 6.92 Å². The SMILES string of the molecule is CCCC1C=C(c2nc(-c3ccc(C)cc3)cs2)C=CN1. The number of aromatic nitrogens is 1. The molecule has 21 heavy (non-hydrogen) atoms. The molecule has 1 aliphatic rings. The Morgan fingerprint density at radius 1 is 1.24 bits per heavy atom. The quantitative estimate of drug-likeness (QED) is 0.877. The number of hydrogen-bond acceptors (Lipinski definition) is 3. The van der Waals surface area contributed by atoms with Crippen molar-refractivity contribution in [1.29, 1.82) is 0 Å². The normalized spacial score (nSPS) is 17.4. The molecule has 108 valence electrons. The van der Waals surface area contributed by atoms with Gasteiger partial charge in [0.05, 0.1) is 5.69 Å². The van der Waals surface area contributed by atoms with Crippen molar-refractivity contribution in [2.75, 3.05) is 0 Å². The molecule has 3 heteroatoms. The number of aryl methyl sites for hydroxylation is 1. The summed E-state index contributed by atoms with van der Waals surface area (Å²) in [4.78, 5) is 4.80. The van der Waals surface area contributed by atoms with Gasteiger partial charge >= 0.3 is 0 Å². The van der Waals surface area contributed by atoms with E-state index in [-0.39, 0.29) is 0 Å². The average molecular weight is 296 g/mol. The first-order valence-electron chi connectivity index (χ1n) is 7.43. The second-order valence-corrected chi connectivity index (χ2v) is 6.28. The predicted molar refractivity (Wildman–Crippen MR) is 91.2 cm³/mol. The number of dihydropyridines is 1. The summed E-state index contributed by atoms with van der Waals surface area (Å²) >= 11 is 1.72. The van der Waals surface area contributed by atoms with Gasteiger partial charge in [0, 0.05) is 22.6 Å². The summed E-state index contributed by atoms with van der Waals surface area (Å²) in [5.74, 6) is 0. The number of thiazole rings is 1. The molecule has 1 aromatic heterocycles. The topological polar surface area (TPSA) is 24.9 Å². The molecule has 0 spiro atoms. The van der Waals surface area contributed by atoms with Crippen LogP contribution in [0.2, 0.25) is 0 Å². The van der Waals surface area contributed by atoms with Crippen LogP contribution in [0.1, 0.15) is 30.3 Å². The van der Waals surface area contributed by atoms with E-state index in [9.17, 15) is 0 Å². The first-order valence-corrected chi connectivity index (χ1v) is 8.31. The van der Waals surface area contributed by atoms with Gasteiger partial charge in [0.25, 0.3) is 0 Å². The van der Waals surface area contributed by atoms with E-state index in [0.29, 0.717) is 6.04 Å². The standard InChI is InChI=1S/C18H20N2S/c1-3-4-16-11-15(9-10-19-16)18-20-17(12-21-18)14-7-5-13(2)6-8-14/h5-12,16,19H,3-4H2,1-2H3. The highest BCUT2D eigenvalue weighted by atomic mass is 32.1. The monoisotopic (exact) mass is 296 g/mol. The van der Waals surface area contributed by atoms with Crippen molar-refractivity contribution in [1.82, 2.24) is 10.3 Å². The zero-order valence-electron chi connectivity index (χ0n) is 12.5. The van der Waals surface area contributed by atoms with E-state index >= 15 is 0 Å². The largest absolute Gasteiger partial charge is 0.385 e. The highest BCUT2D eigenvalue weighted by Gasteiger charge is 2.12. The zero-order valence-corrected chi connectivity index (χ0v) is 13.3. The third kappa shape index (κ3) is 3.24. The van der Waals surface area contributed by atoms with Crippen LogP contribution < -0.4 is 5.32 Å². The molecular formula is C18H20N2S. The van der Waals surface area contributed by atoms with Gasteiger partial charge in [0.1, 0.15) is 5.01 Å². The van der Waals surface area contributed by atoms with Crippen molar-refractivity contribution >= 4 is 16.9 Å². The fourth-order valence-electron chi connectivity index (χ4n) is 2.47. The summed E-state index contributed by atoms with van der Waals surface area (Å²) in [6.45, 7) is 4.32. The molecular weight excluding hydrogens is 276 g/mol. The van der Waals surface area contributed by atoms with E-state index in [0.717, 1.165) is 17.1 Å². The van der Waals surface area contributed by atoms with E-state index in [1.807, 2.05) is 6.20 Å². The van der Waals surface area contributed by atoms with Crippen LogP contribution in [0.5, 0.6) is 0 Å². The molecule has 3 rings (SSSR count). The third-order valence-electron chi connectivity index (χ3n) is 3.65. The van der Waals surface area contributed by atoms with Gasteiger partial charge in [-0.25, -0.2) is 4.98 Å². The molecule has 1 aliphatic heterocycles. The van der Waals surface area contributed by atoms with E-state index in [1.54, 1.807) is 11.3 Å². The molecule has 2 heterocycles. The average Bonchev–Trinajstić information content (AvgIpc) is 2.98. The van der Waals surface area contributed by atoms with Crippen LogP contribution in [0.4, 0.5) is 0 Å². The second-order valence-electron chi connectivity index (χ2n) is 5.42. The Balaban J connectivity index is 1.84. The Kier molecular flexibility index (Phi) is 4.20. The lowest BCUT2D eigenvalue weighted by Gasteiger charge is -2.17. The van der Waals surface area contributed by atoms with Gasteiger partial charge in [-0.15, -0.1) is 11.3 Å². The van der Waals surface area contributed by atoms with Gasteiger partial charge in [-0.3, -0.25) is 0 Å². The second kappa shape index (κ2) is 6.27. The molecule has 0 saturated carbocycles. The Morgan fingerprint density at radius 2 is 2.05 bits per heavy atom. The molecule has 1 N–H and O–H groups in total. The predicted octanol–water partition coefficient (Wildman–Crippen LogP) is 4.79. The summed E-state index contributed by atoms with van der Waals surface area (Å²) in [6, 6.07) is 8.98. The minimum absolute atomic E-state index is 0.432. The first-order chi connectivity index (χ1) is 10.3. The van der Waals surface area contributed by atoms with Gasteiger partial charge in [-0.1, -0.05) is 49.2 Å². The van der Waals surface area contributed by atoms with Crippen molar-refractivity contribution in [2.45, 2.75) is 32.7 Å². The highest BCUT2D eigenvalue weighted by molar-refractivity contribution is 7.11. The number of rotatable bonds is 4. The smallest absolute Gasteiger partial charge is 0.123 e. The number of nitrogens with zero attached hydrogens (tertiary/aromatic N) is 1. The van der Waals surface area contributed by atoms with E-state index < -0.39 is 0 Å². The molecule has 0 amide bonds. The van der Waals surface area contributed by atoms with E-state index in [4.69, 9.17) is 4.98 Å². The van der Waals surface area contributed by atoms with E-state index in [2.05, 4.69) is 61.0 Å². The summed E-state index contributed by atoms with van der Waals surface area (Å²) in [5.41, 5.74) is 4.76. The summed E-state index contributed by atoms with van der Waals surface area (Å²) in [6.07, 6.45) is 8.79. The number of hydrogen-bond donors (Lipinski definition) is 1. The van der Waals surface area contributed by atoms with Crippen molar-refractivity contribution in [3.05, 3.63) is 58.6 Å². The van der Waals surface area contributed by atoms with Gasteiger partial charge in [0.2, 0.25) is 0 Å². The molecule has 0 saturated heterocycles. The lowest BCUT2D eigenvalue weighted by molar-refractivity contribution is 0.624. The van der Waals surface area contributed by atoms with Crippen LogP contribution >= 0.6 is 11.3 Å². The molecule has 1 aromatic carbocycles. The van der Waals surface area contributed by atoms with Gasteiger partial charge in [-0.05, 0) is 25.6 Å². The molecule has 0 fully saturated rings. The minimum atomic E-state index is 0.432. The molecule has 2 aromatic rings. The molecule has 2 nitrogen and oxygen atoms in total. The van der Waals surface area contributed by atoms with Gasteiger partial charge in [-0.2, -0.15) is 0 Å². The third-order valence-corrected chi connectivity index (χ3v) is 4.54. The van der Waals surface area contributed by atoms with Crippen LogP contribution in [0.15, 0.2) is 48.0 Å². The fourth-order valence-corrected chi connectivity index (χ4v) is 3.30. The fraction of sp³-hybridized carbons (Fsp3) is 0.278. The maximum atomic E-state index is 4.80. The number of benzene rings is 1. The summed E-state index contributed by atoms with van der Waals surface area (Å²) < 4.78 is 0. The van der Waals surface area contributed by atoms with Crippen LogP contribution in [-0.2, 0) is 0 Å². The van der Waals surface area contributed by atoms with Gasteiger partial charge < -0.3 is 5.32 Å². The number of nitrogens with one attached hydrogen (secondary N) is 1. The molecule has 1 atom stereocenters. The molecule has 0 aliphatic carbocycles. The number of allylic oxidation sites excluding steroid dienone is 2. The van der Waals surface area contributed by atoms with Crippen molar-refractivity contribution in [2.24, 2.45) is 0 Å². The summed E-state index contributed by atoms with van der Waals surface area (Å²) in [5, 5.41) is 6.63. The Morgan fingerprint density at radius 3 is 2.81 bits per heavy atom. The van der Waals surface area contributed by atoms with Crippen LogP contribution in [0.3, 0.4) is 0 Å². The molecule has 0 radical (unpaired) electrons. The lowest BCUT2D eigenvalue weighted by atomic mass is 10.1. The Hall–Kier alpha value is -1.87.